The van der Waals surface area contributed by atoms with Crippen molar-refractivity contribution in [1.29, 1.82) is 0 Å². The predicted molar refractivity (Wildman–Crippen MR) is 120 cm³/mol. The largest absolute Gasteiger partial charge is 0.382 e. The summed E-state index contributed by atoms with van der Waals surface area (Å²) in [6.07, 6.45) is 0.582. The first-order valence-electron chi connectivity index (χ1n) is 9.83. The van der Waals surface area contributed by atoms with Crippen molar-refractivity contribution in [2.24, 2.45) is 0 Å². The number of hydrogen-bond donors (Lipinski definition) is 3. The zero-order valence-electron chi connectivity index (χ0n) is 17.2. The topological polar surface area (TPSA) is 114 Å². The molecule has 0 spiro atoms. The Morgan fingerprint density at radius 2 is 1.74 bits per heavy atom. The van der Waals surface area contributed by atoms with Gasteiger partial charge in [-0.1, -0.05) is 23.7 Å². The molecule has 2 aromatic rings. The van der Waals surface area contributed by atoms with Crippen LogP contribution in [0.1, 0.15) is 30.1 Å². The number of rotatable bonds is 12. The van der Waals surface area contributed by atoms with Crippen molar-refractivity contribution in [3.8, 4) is 0 Å². The second kappa shape index (κ2) is 12.4. The van der Waals surface area contributed by atoms with Gasteiger partial charge < -0.3 is 15.4 Å². The number of sulfonamides is 1. The van der Waals surface area contributed by atoms with E-state index in [0.29, 0.717) is 42.5 Å². The molecule has 0 radical (unpaired) electrons. The van der Waals surface area contributed by atoms with Gasteiger partial charge in [0.1, 0.15) is 0 Å². The molecule has 0 aromatic heterocycles. The summed E-state index contributed by atoms with van der Waals surface area (Å²) in [5.74, 6) is -0.730. The number of amides is 2. The molecule has 0 fully saturated rings. The van der Waals surface area contributed by atoms with Gasteiger partial charge in [0, 0.05) is 37.7 Å². The molecule has 0 unspecified atom stereocenters. The van der Waals surface area contributed by atoms with Gasteiger partial charge in [-0.05, 0) is 49.7 Å². The minimum atomic E-state index is -3.75. The average molecular weight is 468 g/mol. The summed E-state index contributed by atoms with van der Waals surface area (Å²) < 4.78 is 32.1. The van der Waals surface area contributed by atoms with E-state index in [9.17, 15) is 18.0 Å². The van der Waals surface area contributed by atoms with Gasteiger partial charge in [0.25, 0.3) is 5.91 Å². The number of ether oxygens (including phenoxy) is 1. The van der Waals surface area contributed by atoms with Gasteiger partial charge in [0.15, 0.2) is 0 Å². The van der Waals surface area contributed by atoms with Crippen molar-refractivity contribution in [3.63, 3.8) is 0 Å². The van der Waals surface area contributed by atoms with Gasteiger partial charge in [0.2, 0.25) is 15.9 Å². The van der Waals surface area contributed by atoms with E-state index >= 15 is 0 Å². The van der Waals surface area contributed by atoms with Crippen molar-refractivity contribution in [2.45, 2.75) is 24.7 Å². The maximum atomic E-state index is 12.4. The van der Waals surface area contributed by atoms with Crippen molar-refractivity contribution in [1.82, 2.24) is 10.0 Å². The Morgan fingerprint density at radius 3 is 2.45 bits per heavy atom. The first-order chi connectivity index (χ1) is 14.8. The Balaban J connectivity index is 1.86. The number of nitrogens with one attached hydrogen (secondary N) is 3. The molecule has 0 saturated carbocycles. The summed E-state index contributed by atoms with van der Waals surface area (Å²) in [5, 5.41) is 5.87. The Labute approximate surface area is 187 Å². The number of carbonyl (C=O) groups is 2. The summed E-state index contributed by atoms with van der Waals surface area (Å²) in [5.41, 5.74) is 0.685. The second-order valence-corrected chi connectivity index (χ2v) is 8.71. The molecule has 10 heteroatoms. The predicted octanol–water partition coefficient (Wildman–Crippen LogP) is 2.80. The number of hydrogen-bond acceptors (Lipinski definition) is 5. The Hall–Kier alpha value is -2.46. The summed E-state index contributed by atoms with van der Waals surface area (Å²) in [6.45, 7) is 3.44. The number of halogens is 1. The van der Waals surface area contributed by atoms with E-state index in [1.165, 1.54) is 24.3 Å². The lowest BCUT2D eigenvalue weighted by molar-refractivity contribution is -0.116. The molecule has 2 amide bonds. The Morgan fingerprint density at radius 1 is 1.03 bits per heavy atom. The lowest BCUT2D eigenvalue weighted by Gasteiger charge is -2.12. The van der Waals surface area contributed by atoms with Crippen LogP contribution < -0.4 is 15.4 Å². The third-order valence-corrected chi connectivity index (χ3v) is 5.90. The quantitative estimate of drug-likeness (QED) is 0.415. The molecule has 0 aliphatic heterocycles. The Bertz CT molecular complexity index is 981. The van der Waals surface area contributed by atoms with Crippen molar-refractivity contribution < 1.29 is 22.7 Å². The minimum absolute atomic E-state index is 0.0589. The number of carbonyl (C=O) groups excluding carboxylic acids is 2. The van der Waals surface area contributed by atoms with Crippen LogP contribution in [0.2, 0.25) is 5.02 Å². The van der Waals surface area contributed by atoms with Crippen molar-refractivity contribution in [3.05, 3.63) is 59.1 Å². The third-order valence-electron chi connectivity index (χ3n) is 4.17. The van der Waals surface area contributed by atoms with Crippen LogP contribution >= 0.6 is 11.6 Å². The van der Waals surface area contributed by atoms with Crippen LogP contribution in [-0.2, 0) is 19.6 Å². The van der Waals surface area contributed by atoms with Crippen LogP contribution in [0.3, 0.4) is 0 Å². The molecule has 168 valence electrons. The molecular weight excluding hydrogens is 442 g/mol. The fourth-order valence-corrected chi connectivity index (χ4v) is 3.77. The zero-order chi connectivity index (χ0) is 22.7. The number of para-hydroxylation sites is 1. The molecule has 0 atom stereocenters. The maximum Gasteiger partial charge on any atom is 0.253 e. The van der Waals surface area contributed by atoms with E-state index in [1.54, 1.807) is 24.3 Å². The molecule has 0 aliphatic carbocycles. The van der Waals surface area contributed by atoms with Gasteiger partial charge in [-0.2, -0.15) is 0 Å². The van der Waals surface area contributed by atoms with Crippen LogP contribution in [-0.4, -0.2) is 46.5 Å². The van der Waals surface area contributed by atoms with Crippen LogP contribution in [0, 0.1) is 0 Å². The fraction of sp³-hybridized carbons (Fsp3) is 0.333. The van der Waals surface area contributed by atoms with E-state index in [4.69, 9.17) is 16.3 Å². The van der Waals surface area contributed by atoms with E-state index in [1.807, 2.05) is 6.92 Å². The fourth-order valence-electron chi connectivity index (χ4n) is 2.61. The highest BCUT2D eigenvalue weighted by Gasteiger charge is 2.16. The summed E-state index contributed by atoms with van der Waals surface area (Å²) in [4.78, 5) is 24.7. The molecule has 0 bridgehead atoms. The van der Waals surface area contributed by atoms with Crippen LogP contribution in [0.4, 0.5) is 5.69 Å². The maximum absolute atomic E-state index is 12.4. The molecule has 0 saturated heterocycles. The molecular formula is C21H26ClN3O5S. The molecule has 0 heterocycles. The molecule has 2 aromatic carbocycles. The van der Waals surface area contributed by atoms with Crippen molar-refractivity contribution >= 4 is 39.1 Å². The van der Waals surface area contributed by atoms with Gasteiger partial charge in [-0.15, -0.1) is 0 Å². The van der Waals surface area contributed by atoms with Gasteiger partial charge >= 0.3 is 0 Å². The molecule has 8 nitrogen and oxygen atoms in total. The summed E-state index contributed by atoms with van der Waals surface area (Å²) >= 11 is 5.77. The number of benzene rings is 2. The highest BCUT2D eigenvalue weighted by molar-refractivity contribution is 7.89. The van der Waals surface area contributed by atoms with E-state index in [-0.39, 0.29) is 23.8 Å². The lowest BCUT2D eigenvalue weighted by Crippen LogP contribution is -2.29. The smallest absolute Gasteiger partial charge is 0.253 e. The highest BCUT2D eigenvalue weighted by Crippen LogP contribution is 2.16. The van der Waals surface area contributed by atoms with E-state index in [2.05, 4.69) is 15.4 Å². The SMILES string of the molecule is CCOCCCNC(=O)c1ccccc1NC(=O)CCNS(=O)(=O)c1ccc(Cl)cc1. The second-order valence-electron chi connectivity index (χ2n) is 6.50. The standard InChI is InChI=1S/C21H26ClN3O5S/c1-2-30-15-5-13-23-21(27)18-6-3-4-7-19(18)25-20(26)12-14-24-31(28,29)17-10-8-16(22)9-11-17/h3-4,6-11,24H,2,5,12-15H2,1H3,(H,23,27)(H,25,26). The lowest BCUT2D eigenvalue weighted by atomic mass is 10.1. The van der Waals surface area contributed by atoms with Gasteiger partial charge in [-0.25, -0.2) is 13.1 Å². The zero-order valence-corrected chi connectivity index (χ0v) is 18.8. The minimum Gasteiger partial charge on any atom is -0.382 e. The van der Waals surface area contributed by atoms with Gasteiger partial charge in [-0.3, -0.25) is 9.59 Å². The monoisotopic (exact) mass is 467 g/mol. The summed E-state index contributed by atoms with van der Waals surface area (Å²) in [7, 11) is -3.75. The molecule has 0 aliphatic rings. The van der Waals surface area contributed by atoms with Crippen LogP contribution in [0.5, 0.6) is 0 Å². The first kappa shape index (κ1) is 24.8. The van der Waals surface area contributed by atoms with Gasteiger partial charge in [0.05, 0.1) is 16.1 Å². The molecule has 3 N–H and O–H groups in total. The van der Waals surface area contributed by atoms with E-state index in [0.717, 1.165) is 0 Å². The van der Waals surface area contributed by atoms with Crippen molar-refractivity contribution in [2.75, 3.05) is 31.6 Å². The average Bonchev–Trinajstić information content (AvgIpc) is 2.74. The van der Waals surface area contributed by atoms with E-state index < -0.39 is 15.9 Å². The van der Waals surface area contributed by atoms with Crippen LogP contribution in [0.15, 0.2) is 53.4 Å². The summed E-state index contributed by atoms with van der Waals surface area (Å²) in [6, 6.07) is 12.3. The highest BCUT2D eigenvalue weighted by atomic mass is 35.5. The Kier molecular flexibility index (Phi) is 9.93. The number of anilines is 1. The molecule has 31 heavy (non-hydrogen) atoms. The first-order valence-corrected chi connectivity index (χ1v) is 11.7. The normalized spacial score (nSPS) is 11.2. The third kappa shape index (κ3) is 8.29. The molecule has 2 rings (SSSR count). The van der Waals surface area contributed by atoms with Crippen LogP contribution in [0.25, 0.3) is 0 Å².